The highest BCUT2D eigenvalue weighted by Gasteiger charge is 2.18. The predicted octanol–water partition coefficient (Wildman–Crippen LogP) is 23.8. The van der Waals surface area contributed by atoms with E-state index in [1.165, 1.54) is 302 Å². The summed E-state index contributed by atoms with van der Waals surface area (Å²) in [7, 11) is 0. The lowest BCUT2D eigenvalue weighted by atomic mass is 10.0. The molecule has 0 spiro atoms. The minimum absolute atomic E-state index is 0.00491. The number of rotatable bonds is 68. The molecule has 0 aromatic carbocycles. The highest BCUT2D eigenvalue weighted by Crippen LogP contribution is 2.18. The van der Waals surface area contributed by atoms with E-state index in [4.69, 9.17) is 4.74 Å². The molecule has 82 heavy (non-hydrogen) atoms. The molecule has 480 valence electrons. The molecule has 0 saturated heterocycles. The lowest BCUT2D eigenvalue weighted by Crippen LogP contribution is -2.45. The molecule has 2 unspecified atom stereocenters. The third kappa shape index (κ3) is 66.7. The maximum Gasteiger partial charge on any atom is 0.305 e. The normalized spacial score (nSPS) is 12.9. The van der Waals surface area contributed by atoms with Gasteiger partial charge in [0.25, 0.3) is 0 Å². The van der Waals surface area contributed by atoms with Crippen molar-refractivity contribution in [1.82, 2.24) is 5.32 Å². The predicted molar refractivity (Wildman–Crippen MR) is 361 cm³/mol. The third-order valence-electron chi connectivity index (χ3n) is 16.8. The van der Waals surface area contributed by atoms with Crippen LogP contribution in [-0.2, 0) is 14.3 Å². The van der Waals surface area contributed by atoms with Crippen molar-refractivity contribution in [2.75, 3.05) is 13.2 Å². The Balaban J connectivity index is 3.37. The molecule has 0 rings (SSSR count). The zero-order valence-electron chi connectivity index (χ0n) is 55.0. The largest absolute Gasteiger partial charge is 0.466 e. The molecule has 0 heterocycles. The van der Waals surface area contributed by atoms with Gasteiger partial charge >= 0.3 is 5.97 Å². The van der Waals surface area contributed by atoms with Crippen LogP contribution in [0.25, 0.3) is 0 Å². The minimum atomic E-state index is -0.842. The second-order valence-electron chi connectivity index (χ2n) is 24.9. The zero-order valence-corrected chi connectivity index (χ0v) is 55.0. The average molecular weight is 1150 g/mol. The van der Waals surface area contributed by atoms with Gasteiger partial charge in [0.2, 0.25) is 5.91 Å². The van der Waals surface area contributed by atoms with E-state index in [-0.39, 0.29) is 18.5 Å². The Hall–Kier alpha value is -2.44. The SMILES string of the molecule is CCCCCC/C=C\C/C=C\CCCCCCCC(=O)OCCCCCCCCCCCCCCC/C=C\C/C=C\CCCCCCCCCCCCCCCCCCCC(=O)NC(CO)C(O)/C=C/CCCCCCCCCCCC. The summed E-state index contributed by atoms with van der Waals surface area (Å²) in [4.78, 5) is 24.5. The summed E-state index contributed by atoms with van der Waals surface area (Å²) >= 11 is 0. The van der Waals surface area contributed by atoms with Crippen molar-refractivity contribution < 1.29 is 24.5 Å². The van der Waals surface area contributed by atoms with Crippen molar-refractivity contribution in [2.24, 2.45) is 0 Å². The van der Waals surface area contributed by atoms with Crippen molar-refractivity contribution in [2.45, 2.75) is 398 Å². The number of allylic oxidation sites excluding steroid dienone is 9. The van der Waals surface area contributed by atoms with Crippen LogP contribution in [0.1, 0.15) is 386 Å². The number of carbonyl (C=O) groups excluding carboxylic acids is 2. The van der Waals surface area contributed by atoms with Crippen LogP contribution in [0, 0.1) is 0 Å². The van der Waals surface area contributed by atoms with Gasteiger partial charge in [-0.05, 0) is 96.3 Å². The van der Waals surface area contributed by atoms with E-state index in [2.05, 4.69) is 67.8 Å². The first-order chi connectivity index (χ1) is 40.5. The molecule has 0 saturated carbocycles. The quantitative estimate of drug-likeness (QED) is 0.0320. The summed E-state index contributed by atoms with van der Waals surface area (Å²) in [6, 6.07) is -0.625. The van der Waals surface area contributed by atoms with Gasteiger partial charge in [-0.25, -0.2) is 0 Å². The first kappa shape index (κ1) is 79.6. The van der Waals surface area contributed by atoms with Crippen molar-refractivity contribution in [3.63, 3.8) is 0 Å². The maximum atomic E-state index is 12.5. The number of hydrogen-bond acceptors (Lipinski definition) is 5. The fourth-order valence-corrected chi connectivity index (χ4v) is 11.2. The number of carbonyl (C=O) groups is 2. The van der Waals surface area contributed by atoms with E-state index < -0.39 is 12.1 Å². The van der Waals surface area contributed by atoms with Gasteiger partial charge in [0.05, 0.1) is 25.4 Å². The van der Waals surface area contributed by atoms with E-state index in [0.717, 1.165) is 57.8 Å². The summed E-state index contributed by atoms with van der Waals surface area (Å²) in [5.41, 5.74) is 0. The molecule has 0 aromatic rings. The Labute approximate surface area is 511 Å². The average Bonchev–Trinajstić information content (AvgIpc) is 3.48. The van der Waals surface area contributed by atoms with Crippen LogP contribution in [0.3, 0.4) is 0 Å². The number of nitrogens with one attached hydrogen (secondary N) is 1. The molecule has 0 aromatic heterocycles. The second kappa shape index (κ2) is 71.0. The van der Waals surface area contributed by atoms with E-state index in [1.54, 1.807) is 6.08 Å². The van der Waals surface area contributed by atoms with Crippen LogP contribution >= 0.6 is 0 Å². The monoisotopic (exact) mass is 1150 g/mol. The number of amides is 1. The van der Waals surface area contributed by atoms with Gasteiger partial charge in [0, 0.05) is 12.8 Å². The molecule has 0 aliphatic carbocycles. The lowest BCUT2D eigenvalue weighted by molar-refractivity contribution is -0.143. The Morgan fingerprint density at radius 2 is 0.610 bits per heavy atom. The van der Waals surface area contributed by atoms with Gasteiger partial charge in [0.15, 0.2) is 0 Å². The van der Waals surface area contributed by atoms with E-state index >= 15 is 0 Å². The zero-order chi connectivity index (χ0) is 59.2. The Morgan fingerprint density at radius 3 is 0.939 bits per heavy atom. The van der Waals surface area contributed by atoms with Crippen molar-refractivity contribution >= 4 is 11.9 Å². The van der Waals surface area contributed by atoms with Crippen LogP contribution in [0.15, 0.2) is 60.8 Å². The summed E-state index contributed by atoms with van der Waals surface area (Å²) in [6.45, 7) is 4.89. The standard InChI is InChI=1S/C76H141NO5/c1-3-5-7-9-11-13-15-17-18-43-46-50-54-58-62-66-70-76(81)82-71-67-63-59-55-51-47-44-41-39-37-35-33-31-29-27-25-23-21-19-20-22-24-26-28-30-32-34-36-38-40-42-45-49-53-57-61-65-69-75(80)77-73(72-78)74(79)68-64-60-56-52-48-16-14-12-10-8-6-4-2/h13,15,18-19,21,25,27,43,64,68,73-74,78-79H,3-12,14,16-17,20,22-24,26,28-42,44-63,65-67,69-72H2,1-2H3,(H,77,80)/b15-13-,21-19-,27-25-,43-18-,68-64+. The highest BCUT2D eigenvalue weighted by molar-refractivity contribution is 5.76. The third-order valence-corrected chi connectivity index (χ3v) is 16.8. The summed E-state index contributed by atoms with van der Waals surface area (Å²) in [6.07, 6.45) is 94.7. The van der Waals surface area contributed by atoms with Crippen molar-refractivity contribution in [3.8, 4) is 0 Å². The minimum Gasteiger partial charge on any atom is -0.466 e. The first-order valence-electron chi connectivity index (χ1n) is 36.6. The summed E-state index contributed by atoms with van der Waals surface area (Å²) in [5.74, 6) is -0.0602. The first-order valence-corrected chi connectivity index (χ1v) is 36.6. The van der Waals surface area contributed by atoms with Crippen LogP contribution in [0.5, 0.6) is 0 Å². The lowest BCUT2D eigenvalue weighted by Gasteiger charge is -2.20. The van der Waals surface area contributed by atoms with Crippen LogP contribution in [0.4, 0.5) is 0 Å². The topological polar surface area (TPSA) is 95.9 Å². The van der Waals surface area contributed by atoms with Crippen molar-refractivity contribution in [1.29, 1.82) is 0 Å². The maximum absolute atomic E-state index is 12.5. The Bertz CT molecular complexity index is 1420. The number of aliphatic hydroxyl groups is 2. The van der Waals surface area contributed by atoms with Crippen LogP contribution in [-0.4, -0.2) is 47.4 Å². The number of ether oxygens (including phenoxy) is 1. The summed E-state index contributed by atoms with van der Waals surface area (Å²) < 4.78 is 5.49. The molecule has 0 aliphatic rings. The second-order valence-corrected chi connectivity index (χ2v) is 24.9. The van der Waals surface area contributed by atoms with Gasteiger partial charge in [-0.2, -0.15) is 0 Å². The Kier molecular flexibility index (Phi) is 68.9. The molecule has 1 amide bonds. The number of hydrogen-bond donors (Lipinski definition) is 3. The number of aliphatic hydroxyl groups excluding tert-OH is 2. The van der Waals surface area contributed by atoms with Gasteiger partial charge in [0.1, 0.15) is 0 Å². The van der Waals surface area contributed by atoms with Gasteiger partial charge < -0.3 is 20.3 Å². The number of unbranched alkanes of at least 4 members (excludes halogenated alkanes) is 49. The van der Waals surface area contributed by atoms with Crippen LogP contribution < -0.4 is 5.32 Å². The smallest absolute Gasteiger partial charge is 0.305 e. The Morgan fingerprint density at radius 1 is 0.341 bits per heavy atom. The molecule has 0 bridgehead atoms. The van der Waals surface area contributed by atoms with Gasteiger partial charge in [-0.15, -0.1) is 0 Å². The molecular formula is C76H141NO5. The molecule has 0 radical (unpaired) electrons. The molecule has 3 N–H and O–H groups in total. The number of esters is 1. The summed E-state index contributed by atoms with van der Waals surface area (Å²) in [5, 5.41) is 23.1. The fraction of sp³-hybridized carbons (Fsp3) is 0.842. The van der Waals surface area contributed by atoms with Crippen molar-refractivity contribution in [3.05, 3.63) is 60.8 Å². The molecular weight excluding hydrogens is 1010 g/mol. The van der Waals surface area contributed by atoms with E-state index in [0.29, 0.717) is 19.4 Å². The van der Waals surface area contributed by atoms with Gasteiger partial charge in [-0.3, -0.25) is 9.59 Å². The molecule has 6 nitrogen and oxygen atoms in total. The van der Waals surface area contributed by atoms with E-state index in [9.17, 15) is 19.8 Å². The fourth-order valence-electron chi connectivity index (χ4n) is 11.2. The van der Waals surface area contributed by atoms with Crippen LogP contribution in [0.2, 0.25) is 0 Å². The molecule has 0 aliphatic heterocycles. The highest BCUT2D eigenvalue weighted by atomic mass is 16.5. The molecule has 6 heteroatoms. The van der Waals surface area contributed by atoms with Gasteiger partial charge in [-0.1, -0.05) is 338 Å². The molecule has 2 atom stereocenters. The molecule has 0 fully saturated rings. The van der Waals surface area contributed by atoms with E-state index in [1.807, 2.05) is 6.08 Å².